The number of non-ortho nitro benzene ring substituents is 1. The highest BCUT2D eigenvalue weighted by Gasteiger charge is 2.14. The molecule has 3 rings (SSSR count). The summed E-state index contributed by atoms with van der Waals surface area (Å²) >= 11 is 6.10. The van der Waals surface area contributed by atoms with Crippen molar-refractivity contribution < 1.29 is 19.2 Å². The van der Waals surface area contributed by atoms with Crippen molar-refractivity contribution >= 4 is 35.0 Å². The van der Waals surface area contributed by atoms with Crippen molar-refractivity contribution in [1.82, 2.24) is 0 Å². The maximum Gasteiger partial charge on any atom is 0.269 e. The Morgan fingerprint density at radius 2 is 1.91 bits per heavy atom. The molecule has 3 aromatic carbocycles. The molecule has 178 valence electrons. The number of nitrogens with one attached hydrogen (secondary N) is 1. The van der Waals surface area contributed by atoms with E-state index in [-0.39, 0.29) is 17.9 Å². The number of amides is 1. The summed E-state index contributed by atoms with van der Waals surface area (Å²) in [5, 5.41) is 23.7. The SMILES string of the molecule is CCOc1cc(/C=C(\C#N)C(=O)Nc2cccc(Cl)c2C)ccc1OCc1cccc([N+](=O)[O-])c1. The van der Waals surface area contributed by atoms with E-state index in [1.807, 2.05) is 13.0 Å². The van der Waals surface area contributed by atoms with E-state index in [2.05, 4.69) is 5.32 Å². The van der Waals surface area contributed by atoms with Crippen molar-refractivity contribution in [2.24, 2.45) is 0 Å². The number of carbonyl (C=O) groups excluding carboxylic acids is 1. The van der Waals surface area contributed by atoms with Crippen LogP contribution in [0.25, 0.3) is 6.08 Å². The predicted molar refractivity (Wildman–Crippen MR) is 133 cm³/mol. The molecule has 0 fully saturated rings. The molecule has 3 aromatic rings. The number of nitrogens with zero attached hydrogens (tertiary/aromatic N) is 2. The van der Waals surface area contributed by atoms with Crippen LogP contribution in [-0.4, -0.2) is 17.4 Å². The molecule has 0 aromatic heterocycles. The van der Waals surface area contributed by atoms with Crippen LogP contribution in [0, 0.1) is 28.4 Å². The van der Waals surface area contributed by atoms with Crippen molar-refractivity contribution in [2.75, 3.05) is 11.9 Å². The van der Waals surface area contributed by atoms with Crippen LogP contribution < -0.4 is 14.8 Å². The second-order valence-corrected chi connectivity index (χ2v) is 7.80. The third kappa shape index (κ3) is 6.59. The number of nitro benzene ring substituents is 1. The summed E-state index contributed by atoms with van der Waals surface area (Å²) in [6, 6.07) is 18.2. The molecule has 0 bridgehead atoms. The lowest BCUT2D eigenvalue weighted by Crippen LogP contribution is -2.14. The molecule has 8 nitrogen and oxygen atoms in total. The average Bonchev–Trinajstić information content (AvgIpc) is 2.85. The molecule has 0 unspecified atom stereocenters. The van der Waals surface area contributed by atoms with E-state index >= 15 is 0 Å². The minimum atomic E-state index is -0.568. The molecule has 0 radical (unpaired) electrons. The lowest BCUT2D eigenvalue weighted by atomic mass is 10.1. The minimum absolute atomic E-state index is 0.0214. The number of carbonyl (C=O) groups is 1. The van der Waals surface area contributed by atoms with Crippen molar-refractivity contribution in [3.05, 3.63) is 98.1 Å². The summed E-state index contributed by atoms with van der Waals surface area (Å²) in [5.74, 6) is 0.268. The Hall–Kier alpha value is -4.35. The van der Waals surface area contributed by atoms with E-state index in [0.29, 0.717) is 45.5 Å². The third-order valence-corrected chi connectivity index (χ3v) is 5.38. The highest BCUT2D eigenvalue weighted by atomic mass is 35.5. The Bertz CT molecular complexity index is 1330. The van der Waals surface area contributed by atoms with Gasteiger partial charge in [-0.15, -0.1) is 0 Å². The molecule has 0 saturated heterocycles. The second kappa shape index (κ2) is 11.7. The van der Waals surface area contributed by atoms with E-state index in [1.165, 1.54) is 18.2 Å². The molecule has 0 heterocycles. The number of hydrogen-bond acceptors (Lipinski definition) is 6. The minimum Gasteiger partial charge on any atom is -0.490 e. The summed E-state index contributed by atoms with van der Waals surface area (Å²) in [5.41, 5.74) is 2.28. The van der Waals surface area contributed by atoms with Crippen LogP contribution in [0.3, 0.4) is 0 Å². The molecular weight excluding hydrogens is 470 g/mol. The highest BCUT2D eigenvalue weighted by molar-refractivity contribution is 6.31. The zero-order valence-corrected chi connectivity index (χ0v) is 19.8. The van der Waals surface area contributed by atoms with Crippen LogP contribution in [0.1, 0.15) is 23.6 Å². The molecule has 1 N–H and O–H groups in total. The molecule has 0 spiro atoms. The van der Waals surface area contributed by atoms with E-state index in [1.54, 1.807) is 55.5 Å². The molecule has 35 heavy (non-hydrogen) atoms. The van der Waals surface area contributed by atoms with Gasteiger partial charge in [-0.05, 0) is 60.9 Å². The average molecular weight is 492 g/mol. The van der Waals surface area contributed by atoms with Crippen LogP contribution in [-0.2, 0) is 11.4 Å². The van der Waals surface area contributed by atoms with Crippen LogP contribution in [0.2, 0.25) is 5.02 Å². The van der Waals surface area contributed by atoms with E-state index in [0.717, 1.165) is 0 Å². The van der Waals surface area contributed by atoms with Gasteiger partial charge < -0.3 is 14.8 Å². The van der Waals surface area contributed by atoms with Gasteiger partial charge in [0.05, 0.1) is 11.5 Å². The summed E-state index contributed by atoms with van der Waals surface area (Å²) in [4.78, 5) is 23.2. The monoisotopic (exact) mass is 491 g/mol. The molecule has 0 aliphatic rings. The van der Waals surface area contributed by atoms with Gasteiger partial charge in [-0.1, -0.05) is 35.9 Å². The van der Waals surface area contributed by atoms with Crippen molar-refractivity contribution in [1.29, 1.82) is 5.26 Å². The Labute approximate surface area is 207 Å². The number of benzene rings is 3. The summed E-state index contributed by atoms with van der Waals surface area (Å²) < 4.78 is 11.5. The van der Waals surface area contributed by atoms with Gasteiger partial charge >= 0.3 is 0 Å². The number of hydrogen-bond donors (Lipinski definition) is 1. The van der Waals surface area contributed by atoms with E-state index in [4.69, 9.17) is 21.1 Å². The predicted octanol–water partition coefficient (Wildman–Crippen LogP) is 6.08. The smallest absolute Gasteiger partial charge is 0.269 e. The molecule has 1 amide bonds. The highest BCUT2D eigenvalue weighted by Crippen LogP contribution is 2.31. The van der Waals surface area contributed by atoms with Gasteiger partial charge in [-0.3, -0.25) is 14.9 Å². The number of ether oxygens (including phenoxy) is 2. The van der Waals surface area contributed by atoms with Gasteiger partial charge in [0.25, 0.3) is 11.6 Å². The largest absolute Gasteiger partial charge is 0.490 e. The molecule has 0 aliphatic heterocycles. The number of rotatable bonds is 9. The van der Waals surface area contributed by atoms with Crippen molar-refractivity contribution in [3.63, 3.8) is 0 Å². The number of halogens is 1. The number of nitro groups is 1. The van der Waals surface area contributed by atoms with E-state index < -0.39 is 10.8 Å². The topological polar surface area (TPSA) is 114 Å². The molecular formula is C26H22ClN3O5. The van der Waals surface area contributed by atoms with Crippen LogP contribution >= 0.6 is 11.6 Å². The first kappa shape index (κ1) is 25.3. The number of nitriles is 1. The van der Waals surface area contributed by atoms with Crippen LogP contribution in [0.5, 0.6) is 11.5 Å². The van der Waals surface area contributed by atoms with E-state index in [9.17, 15) is 20.2 Å². The fourth-order valence-electron chi connectivity index (χ4n) is 3.17. The van der Waals surface area contributed by atoms with Crippen LogP contribution in [0.15, 0.2) is 66.2 Å². The van der Waals surface area contributed by atoms with Crippen molar-refractivity contribution in [3.8, 4) is 17.6 Å². The lowest BCUT2D eigenvalue weighted by molar-refractivity contribution is -0.384. The maximum absolute atomic E-state index is 12.7. The van der Waals surface area contributed by atoms with Gasteiger partial charge in [-0.2, -0.15) is 5.26 Å². The number of anilines is 1. The molecule has 0 atom stereocenters. The summed E-state index contributed by atoms with van der Waals surface area (Å²) in [6.07, 6.45) is 1.45. The Kier molecular flexibility index (Phi) is 8.43. The van der Waals surface area contributed by atoms with Gasteiger partial charge in [0.1, 0.15) is 18.2 Å². The van der Waals surface area contributed by atoms with Gasteiger partial charge in [-0.25, -0.2) is 0 Å². The maximum atomic E-state index is 12.7. The first-order valence-electron chi connectivity index (χ1n) is 10.6. The Balaban J connectivity index is 1.80. The standard InChI is InChI=1S/C26H22ClN3O5/c1-3-34-25-14-18(10-11-24(25)35-16-19-6-4-7-21(13-19)30(32)33)12-20(15-28)26(31)29-23-9-5-8-22(27)17(23)2/h4-14H,3,16H2,1-2H3,(H,29,31)/b20-12+. The Morgan fingerprint density at radius 1 is 1.14 bits per heavy atom. The van der Waals surface area contributed by atoms with Gasteiger partial charge in [0, 0.05) is 22.8 Å². The quantitative estimate of drug-likeness (QED) is 0.168. The summed E-state index contributed by atoms with van der Waals surface area (Å²) in [7, 11) is 0. The summed E-state index contributed by atoms with van der Waals surface area (Å²) in [6.45, 7) is 4.05. The second-order valence-electron chi connectivity index (χ2n) is 7.39. The normalized spacial score (nSPS) is 10.9. The van der Waals surface area contributed by atoms with Gasteiger partial charge in [0.2, 0.25) is 0 Å². The zero-order chi connectivity index (χ0) is 25.4. The Morgan fingerprint density at radius 3 is 2.63 bits per heavy atom. The molecule has 0 saturated carbocycles. The van der Waals surface area contributed by atoms with Crippen molar-refractivity contribution in [2.45, 2.75) is 20.5 Å². The van der Waals surface area contributed by atoms with Crippen LogP contribution in [0.4, 0.5) is 11.4 Å². The first-order chi connectivity index (χ1) is 16.8. The molecule has 9 heteroatoms. The van der Waals surface area contributed by atoms with Gasteiger partial charge in [0.15, 0.2) is 11.5 Å². The molecule has 0 aliphatic carbocycles. The lowest BCUT2D eigenvalue weighted by Gasteiger charge is -2.13. The third-order valence-electron chi connectivity index (χ3n) is 4.98. The fraction of sp³-hybridized carbons (Fsp3) is 0.154. The first-order valence-corrected chi connectivity index (χ1v) is 11.0. The zero-order valence-electron chi connectivity index (χ0n) is 19.1. The fourth-order valence-corrected chi connectivity index (χ4v) is 3.35.